The van der Waals surface area contributed by atoms with Crippen molar-refractivity contribution in [3.8, 4) is 0 Å². The average Bonchev–Trinajstić information content (AvgIpc) is 3.26. The van der Waals surface area contributed by atoms with Crippen LogP contribution in [0.4, 0.5) is 5.69 Å². The van der Waals surface area contributed by atoms with Crippen molar-refractivity contribution >= 4 is 41.5 Å². The molecule has 2 saturated heterocycles. The van der Waals surface area contributed by atoms with E-state index in [2.05, 4.69) is 15.2 Å². The molecule has 0 spiro atoms. The fourth-order valence-electron chi connectivity index (χ4n) is 3.48. The molecule has 1 aromatic carbocycles. The summed E-state index contributed by atoms with van der Waals surface area (Å²) >= 11 is 0. The number of amides is 1. The van der Waals surface area contributed by atoms with E-state index < -0.39 is 4.92 Å². The van der Waals surface area contributed by atoms with Crippen molar-refractivity contribution in [2.75, 3.05) is 39.3 Å². The Morgan fingerprint density at radius 3 is 2.66 bits per heavy atom. The molecule has 3 rings (SSSR count). The number of nitrogens with one attached hydrogen (secondary N) is 1. The third kappa shape index (κ3) is 6.26. The lowest BCUT2D eigenvalue weighted by atomic mass is 10.2. The molecule has 1 unspecified atom stereocenters. The summed E-state index contributed by atoms with van der Waals surface area (Å²) in [5.74, 6) is 0.855. The number of benzene rings is 1. The lowest BCUT2D eigenvalue weighted by molar-refractivity contribution is -0.384. The molecule has 10 heteroatoms. The number of hydrogen-bond acceptors (Lipinski definition) is 5. The Kier molecular flexibility index (Phi) is 9.08. The molecule has 2 aliphatic rings. The van der Waals surface area contributed by atoms with Gasteiger partial charge in [0.1, 0.15) is 6.10 Å². The van der Waals surface area contributed by atoms with Gasteiger partial charge in [-0.25, -0.2) is 4.99 Å². The number of rotatable bonds is 5. The minimum Gasteiger partial charge on any atom is -0.368 e. The second-order valence-electron chi connectivity index (χ2n) is 6.91. The highest BCUT2D eigenvalue weighted by Crippen LogP contribution is 2.17. The van der Waals surface area contributed by atoms with Crippen molar-refractivity contribution in [1.82, 2.24) is 15.1 Å². The van der Waals surface area contributed by atoms with Crippen LogP contribution in [-0.2, 0) is 16.1 Å². The van der Waals surface area contributed by atoms with Gasteiger partial charge < -0.3 is 19.9 Å². The van der Waals surface area contributed by atoms with E-state index >= 15 is 0 Å². The molecule has 1 amide bonds. The summed E-state index contributed by atoms with van der Waals surface area (Å²) in [5, 5.41) is 14.2. The van der Waals surface area contributed by atoms with Crippen molar-refractivity contribution in [3.05, 3.63) is 39.9 Å². The van der Waals surface area contributed by atoms with Crippen LogP contribution in [-0.4, -0.2) is 72.0 Å². The van der Waals surface area contributed by atoms with Gasteiger partial charge in [0.25, 0.3) is 11.6 Å². The van der Waals surface area contributed by atoms with Crippen LogP contribution in [0.1, 0.15) is 25.3 Å². The Labute approximate surface area is 187 Å². The van der Waals surface area contributed by atoms with Crippen molar-refractivity contribution < 1.29 is 14.5 Å². The van der Waals surface area contributed by atoms with Crippen LogP contribution in [0.25, 0.3) is 0 Å². The lowest BCUT2D eigenvalue weighted by Crippen LogP contribution is -2.55. The van der Waals surface area contributed by atoms with Crippen molar-refractivity contribution in [1.29, 1.82) is 0 Å². The molecule has 1 N–H and O–H groups in total. The molecule has 2 heterocycles. The Bertz CT molecular complexity index is 731. The molecule has 2 fully saturated rings. The van der Waals surface area contributed by atoms with E-state index in [1.165, 1.54) is 6.07 Å². The number of piperazine rings is 1. The summed E-state index contributed by atoms with van der Waals surface area (Å²) in [6.07, 6.45) is 1.49. The molecule has 0 bridgehead atoms. The second-order valence-corrected chi connectivity index (χ2v) is 6.91. The van der Waals surface area contributed by atoms with Crippen molar-refractivity contribution in [2.45, 2.75) is 32.4 Å². The van der Waals surface area contributed by atoms with Crippen LogP contribution < -0.4 is 5.32 Å². The molecule has 9 nitrogen and oxygen atoms in total. The second kappa shape index (κ2) is 11.3. The number of nitro benzene ring substituents is 1. The molecule has 1 atom stereocenters. The molecule has 2 aliphatic heterocycles. The molecule has 0 saturated carbocycles. The van der Waals surface area contributed by atoms with Crippen LogP contribution >= 0.6 is 24.0 Å². The number of carbonyl (C=O) groups excluding carboxylic acids is 1. The van der Waals surface area contributed by atoms with E-state index in [-0.39, 0.29) is 41.7 Å². The van der Waals surface area contributed by atoms with Gasteiger partial charge in [-0.15, -0.1) is 24.0 Å². The van der Waals surface area contributed by atoms with Gasteiger partial charge in [0.2, 0.25) is 0 Å². The third-order valence-electron chi connectivity index (χ3n) is 4.96. The standard InChI is InChI=1S/C19H27N5O4.HI/c1-2-20-19(21-14-15-5-3-6-16(13-15)24(26)27)23-10-8-22(9-11-23)18(25)17-7-4-12-28-17;/h3,5-6,13,17H,2,4,7-12,14H2,1H3,(H,20,21);1H. The molecule has 160 valence electrons. The summed E-state index contributed by atoms with van der Waals surface area (Å²) in [7, 11) is 0. The first-order valence-electron chi connectivity index (χ1n) is 9.75. The SMILES string of the molecule is CCNC(=NCc1cccc([N+](=O)[O-])c1)N1CCN(C(=O)C2CCCO2)CC1.I. The third-order valence-corrected chi connectivity index (χ3v) is 4.96. The maximum Gasteiger partial charge on any atom is 0.269 e. The van der Waals surface area contributed by atoms with Gasteiger partial charge in [0.15, 0.2) is 5.96 Å². The molecule has 0 aliphatic carbocycles. The quantitative estimate of drug-likeness (QED) is 0.211. The zero-order valence-electron chi connectivity index (χ0n) is 16.6. The molecular formula is C19H28IN5O4. The fraction of sp³-hybridized carbons (Fsp3) is 0.579. The monoisotopic (exact) mass is 517 g/mol. The van der Waals surface area contributed by atoms with Crippen molar-refractivity contribution in [3.63, 3.8) is 0 Å². The maximum atomic E-state index is 12.5. The number of carbonyl (C=O) groups is 1. The normalized spacial score (nSPS) is 19.6. The van der Waals surface area contributed by atoms with E-state index in [0.717, 1.165) is 30.9 Å². The van der Waals surface area contributed by atoms with E-state index in [9.17, 15) is 14.9 Å². The number of non-ortho nitro benzene ring substituents is 1. The Morgan fingerprint density at radius 1 is 1.31 bits per heavy atom. The smallest absolute Gasteiger partial charge is 0.269 e. The number of guanidine groups is 1. The zero-order chi connectivity index (χ0) is 19.9. The first-order chi connectivity index (χ1) is 13.6. The first kappa shape index (κ1) is 23.3. The highest BCUT2D eigenvalue weighted by Gasteiger charge is 2.30. The summed E-state index contributed by atoms with van der Waals surface area (Å²) in [5.41, 5.74) is 0.857. The van der Waals surface area contributed by atoms with Crippen LogP contribution in [0.15, 0.2) is 29.3 Å². The Hall–Kier alpha value is -1.95. The van der Waals surface area contributed by atoms with Gasteiger partial charge in [0.05, 0.1) is 11.5 Å². The Balaban J connectivity index is 0.00000300. The fourth-order valence-corrected chi connectivity index (χ4v) is 3.48. The lowest BCUT2D eigenvalue weighted by Gasteiger charge is -2.37. The van der Waals surface area contributed by atoms with E-state index in [4.69, 9.17) is 4.74 Å². The summed E-state index contributed by atoms with van der Waals surface area (Å²) in [6, 6.07) is 6.53. The number of nitrogens with zero attached hydrogens (tertiary/aromatic N) is 4. The number of aliphatic imine (C=N–C) groups is 1. The summed E-state index contributed by atoms with van der Waals surface area (Å²) in [4.78, 5) is 31.6. The van der Waals surface area contributed by atoms with Gasteiger partial charge in [-0.1, -0.05) is 12.1 Å². The molecule has 0 aromatic heterocycles. The number of nitro groups is 1. The number of halogens is 1. The summed E-state index contributed by atoms with van der Waals surface area (Å²) in [6.45, 7) is 6.42. The van der Waals surface area contributed by atoms with E-state index in [0.29, 0.717) is 39.3 Å². The minimum atomic E-state index is -0.400. The van der Waals surface area contributed by atoms with Crippen LogP contribution in [0, 0.1) is 10.1 Å². The number of ether oxygens (including phenoxy) is 1. The van der Waals surface area contributed by atoms with Gasteiger partial charge in [-0.2, -0.15) is 0 Å². The first-order valence-corrected chi connectivity index (χ1v) is 9.75. The zero-order valence-corrected chi connectivity index (χ0v) is 18.9. The van der Waals surface area contributed by atoms with Gasteiger partial charge in [-0.05, 0) is 25.3 Å². The predicted molar refractivity (Wildman–Crippen MR) is 120 cm³/mol. The highest BCUT2D eigenvalue weighted by atomic mass is 127. The Morgan fingerprint density at radius 2 is 2.03 bits per heavy atom. The van der Waals surface area contributed by atoms with E-state index in [1.54, 1.807) is 12.1 Å². The van der Waals surface area contributed by atoms with Crippen LogP contribution in [0.2, 0.25) is 0 Å². The predicted octanol–water partition coefficient (Wildman–Crippen LogP) is 2.00. The van der Waals surface area contributed by atoms with Crippen molar-refractivity contribution in [2.24, 2.45) is 4.99 Å². The van der Waals surface area contributed by atoms with Gasteiger partial charge in [-0.3, -0.25) is 14.9 Å². The minimum absolute atomic E-state index is 0. The van der Waals surface area contributed by atoms with Gasteiger partial charge in [0, 0.05) is 51.5 Å². The van der Waals surface area contributed by atoms with Crippen LogP contribution in [0.3, 0.4) is 0 Å². The largest absolute Gasteiger partial charge is 0.368 e. The highest BCUT2D eigenvalue weighted by molar-refractivity contribution is 14.0. The molecular weight excluding hydrogens is 489 g/mol. The topological polar surface area (TPSA) is 100 Å². The van der Waals surface area contributed by atoms with Gasteiger partial charge >= 0.3 is 0 Å². The van der Waals surface area contributed by atoms with Crippen LogP contribution in [0.5, 0.6) is 0 Å². The molecule has 29 heavy (non-hydrogen) atoms. The summed E-state index contributed by atoms with van der Waals surface area (Å²) < 4.78 is 5.51. The molecule has 0 radical (unpaired) electrons. The maximum absolute atomic E-state index is 12.5. The van der Waals surface area contributed by atoms with E-state index in [1.807, 2.05) is 17.9 Å². The number of hydrogen-bond donors (Lipinski definition) is 1. The average molecular weight is 517 g/mol. The molecule has 1 aromatic rings.